The monoisotopic (exact) mass is 755 g/mol. The third-order valence-electron chi connectivity index (χ3n) is 11.5. The Morgan fingerprint density at radius 1 is 0.293 bits per heavy atom. The van der Waals surface area contributed by atoms with E-state index in [0.717, 1.165) is 11.4 Å². The molecule has 0 fully saturated rings. The summed E-state index contributed by atoms with van der Waals surface area (Å²) >= 11 is 1.86. The van der Waals surface area contributed by atoms with Gasteiger partial charge in [0, 0.05) is 31.5 Å². The highest BCUT2D eigenvalue weighted by Gasteiger charge is 2.20. The van der Waals surface area contributed by atoms with Crippen LogP contribution in [0.15, 0.2) is 224 Å². The molecule has 0 aliphatic rings. The zero-order valence-corrected chi connectivity index (χ0v) is 32.5. The van der Waals surface area contributed by atoms with Crippen molar-refractivity contribution in [2.75, 3.05) is 4.90 Å². The lowest BCUT2D eigenvalue weighted by Crippen LogP contribution is -2.10. The first-order valence-electron chi connectivity index (χ1n) is 19.8. The van der Waals surface area contributed by atoms with Crippen LogP contribution in [-0.2, 0) is 0 Å². The molecule has 1 heterocycles. The van der Waals surface area contributed by atoms with E-state index in [1.54, 1.807) is 0 Å². The molecule has 272 valence electrons. The zero-order valence-electron chi connectivity index (χ0n) is 31.7. The van der Waals surface area contributed by atoms with Crippen LogP contribution in [0.5, 0.6) is 0 Å². The largest absolute Gasteiger partial charge is 0.310 e. The maximum Gasteiger partial charge on any atom is 0.0554 e. The fourth-order valence-electron chi connectivity index (χ4n) is 8.82. The summed E-state index contributed by atoms with van der Waals surface area (Å²) in [4.78, 5) is 2.44. The van der Waals surface area contributed by atoms with Gasteiger partial charge in [0.25, 0.3) is 0 Å². The van der Waals surface area contributed by atoms with E-state index in [0.29, 0.717) is 0 Å². The standard InChI is InChI=1S/C56H37NS/c1-3-14-38(15-4-1)47-23-11-19-43-20-12-24-48(54(43)47)40-28-33-44(34-29-40)57(51-25-13-27-53-56(51)50-22-9-10-26-52(50)58-53)45-35-30-41(31-36-45)49-37-32-39-16-7-8-21-46(39)55(49)42-17-5-2-6-18-42/h1-37H. The van der Waals surface area contributed by atoms with E-state index in [1.165, 1.54) is 91.9 Å². The first-order valence-corrected chi connectivity index (χ1v) is 20.7. The third kappa shape index (κ3) is 5.86. The van der Waals surface area contributed by atoms with Crippen molar-refractivity contribution in [3.8, 4) is 44.5 Å². The number of hydrogen-bond donors (Lipinski definition) is 0. The van der Waals surface area contributed by atoms with Gasteiger partial charge in [-0.05, 0) is 109 Å². The number of hydrogen-bond acceptors (Lipinski definition) is 2. The summed E-state index contributed by atoms with van der Waals surface area (Å²) in [6, 6.07) is 81.9. The van der Waals surface area contributed by atoms with Crippen LogP contribution in [0.4, 0.5) is 17.1 Å². The fourth-order valence-corrected chi connectivity index (χ4v) is 9.94. The predicted octanol–water partition coefficient (Wildman–Crippen LogP) is 16.5. The molecular weight excluding hydrogens is 719 g/mol. The van der Waals surface area contributed by atoms with E-state index in [4.69, 9.17) is 0 Å². The molecule has 1 aromatic heterocycles. The van der Waals surface area contributed by atoms with Crippen LogP contribution in [0.3, 0.4) is 0 Å². The lowest BCUT2D eigenvalue weighted by atomic mass is 9.89. The molecule has 0 aliphatic carbocycles. The van der Waals surface area contributed by atoms with Gasteiger partial charge >= 0.3 is 0 Å². The Balaban J connectivity index is 1.07. The Morgan fingerprint density at radius 2 is 0.810 bits per heavy atom. The van der Waals surface area contributed by atoms with Gasteiger partial charge in [0.2, 0.25) is 0 Å². The van der Waals surface area contributed by atoms with E-state index in [-0.39, 0.29) is 0 Å². The van der Waals surface area contributed by atoms with E-state index < -0.39 is 0 Å². The average molecular weight is 756 g/mol. The van der Waals surface area contributed by atoms with Crippen molar-refractivity contribution in [2.24, 2.45) is 0 Å². The minimum atomic E-state index is 1.11. The summed E-state index contributed by atoms with van der Waals surface area (Å²) in [7, 11) is 0. The molecule has 0 saturated heterocycles. The van der Waals surface area contributed by atoms with Gasteiger partial charge in [-0.1, -0.05) is 182 Å². The molecule has 0 atom stereocenters. The average Bonchev–Trinajstić information content (AvgIpc) is 3.69. The molecule has 11 aromatic rings. The Bertz CT molecular complexity index is 3250. The van der Waals surface area contributed by atoms with Gasteiger partial charge in [-0.15, -0.1) is 11.3 Å². The molecule has 0 spiro atoms. The number of anilines is 3. The van der Waals surface area contributed by atoms with E-state index in [9.17, 15) is 0 Å². The van der Waals surface area contributed by atoms with Crippen molar-refractivity contribution < 1.29 is 0 Å². The topological polar surface area (TPSA) is 3.24 Å². The Hall–Kier alpha value is -7.26. The van der Waals surface area contributed by atoms with Gasteiger partial charge < -0.3 is 4.90 Å². The number of nitrogens with zero attached hydrogens (tertiary/aromatic N) is 1. The lowest BCUT2D eigenvalue weighted by Gasteiger charge is -2.27. The van der Waals surface area contributed by atoms with Crippen LogP contribution in [0.1, 0.15) is 0 Å². The highest BCUT2D eigenvalue weighted by Crippen LogP contribution is 2.46. The molecule has 0 aliphatic heterocycles. The van der Waals surface area contributed by atoms with Crippen LogP contribution in [0.25, 0.3) is 86.2 Å². The molecule has 11 rings (SSSR count). The summed E-state index contributed by atoms with van der Waals surface area (Å²) in [5, 5.41) is 7.57. The number of fused-ring (bicyclic) bond motifs is 5. The minimum absolute atomic E-state index is 1.11. The summed E-state index contributed by atoms with van der Waals surface area (Å²) in [6.45, 7) is 0. The van der Waals surface area contributed by atoms with Crippen LogP contribution >= 0.6 is 11.3 Å². The van der Waals surface area contributed by atoms with Gasteiger partial charge in [-0.3, -0.25) is 0 Å². The van der Waals surface area contributed by atoms with E-state index in [2.05, 4.69) is 229 Å². The van der Waals surface area contributed by atoms with E-state index in [1.807, 2.05) is 11.3 Å². The van der Waals surface area contributed by atoms with Gasteiger partial charge in [0.15, 0.2) is 0 Å². The molecule has 0 amide bonds. The third-order valence-corrected chi connectivity index (χ3v) is 12.6. The summed E-state index contributed by atoms with van der Waals surface area (Å²) in [5.41, 5.74) is 13.2. The molecule has 0 bridgehead atoms. The highest BCUT2D eigenvalue weighted by atomic mass is 32.1. The summed E-state index contributed by atoms with van der Waals surface area (Å²) < 4.78 is 2.58. The molecule has 0 saturated carbocycles. The second-order valence-corrected chi connectivity index (χ2v) is 15.9. The van der Waals surface area contributed by atoms with Crippen molar-refractivity contribution in [3.63, 3.8) is 0 Å². The summed E-state index contributed by atoms with van der Waals surface area (Å²) in [6.07, 6.45) is 0. The molecular formula is C56H37NS. The van der Waals surface area contributed by atoms with Crippen LogP contribution in [0.2, 0.25) is 0 Å². The van der Waals surface area contributed by atoms with Gasteiger partial charge in [0.1, 0.15) is 0 Å². The Labute approximate surface area is 342 Å². The predicted molar refractivity (Wildman–Crippen MR) is 251 cm³/mol. The SMILES string of the molecule is c1ccc(-c2c(-c3ccc(N(c4ccc(-c5cccc6cccc(-c7ccccc7)c56)cc4)c4cccc5sc6ccccc6c45)cc3)ccc3ccccc23)cc1. The smallest absolute Gasteiger partial charge is 0.0554 e. The van der Waals surface area contributed by atoms with Crippen molar-refractivity contribution in [1.82, 2.24) is 0 Å². The normalized spacial score (nSPS) is 11.4. The summed E-state index contributed by atoms with van der Waals surface area (Å²) in [5.74, 6) is 0. The van der Waals surface area contributed by atoms with Crippen LogP contribution < -0.4 is 4.90 Å². The van der Waals surface area contributed by atoms with Crippen molar-refractivity contribution in [1.29, 1.82) is 0 Å². The second-order valence-electron chi connectivity index (χ2n) is 14.8. The minimum Gasteiger partial charge on any atom is -0.310 e. The van der Waals surface area contributed by atoms with Gasteiger partial charge in [-0.2, -0.15) is 0 Å². The van der Waals surface area contributed by atoms with Gasteiger partial charge in [0.05, 0.1) is 5.69 Å². The zero-order chi connectivity index (χ0) is 38.4. The first kappa shape index (κ1) is 34.0. The number of thiophene rings is 1. The van der Waals surface area contributed by atoms with E-state index >= 15 is 0 Å². The maximum atomic E-state index is 2.44. The first-order chi connectivity index (χ1) is 28.8. The van der Waals surface area contributed by atoms with Crippen LogP contribution in [0, 0.1) is 0 Å². The van der Waals surface area contributed by atoms with Crippen molar-refractivity contribution >= 4 is 70.1 Å². The number of rotatable bonds is 7. The quantitative estimate of drug-likeness (QED) is 0.157. The Morgan fingerprint density at radius 3 is 1.50 bits per heavy atom. The fraction of sp³-hybridized carbons (Fsp3) is 0. The molecule has 10 aromatic carbocycles. The molecule has 58 heavy (non-hydrogen) atoms. The number of benzene rings is 10. The van der Waals surface area contributed by atoms with Crippen LogP contribution in [-0.4, -0.2) is 0 Å². The maximum absolute atomic E-state index is 2.44. The van der Waals surface area contributed by atoms with Crippen molar-refractivity contribution in [2.45, 2.75) is 0 Å². The molecule has 1 nitrogen and oxygen atoms in total. The molecule has 0 N–H and O–H groups in total. The molecule has 0 radical (unpaired) electrons. The highest BCUT2D eigenvalue weighted by molar-refractivity contribution is 7.26. The molecule has 2 heteroatoms. The second kappa shape index (κ2) is 14.4. The molecule has 0 unspecified atom stereocenters. The Kier molecular flexibility index (Phi) is 8.42. The lowest BCUT2D eigenvalue weighted by molar-refractivity contribution is 1.30. The van der Waals surface area contributed by atoms with Gasteiger partial charge in [-0.25, -0.2) is 0 Å². The van der Waals surface area contributed by atoms with Crippen molar-refractivity contribution in [3.05, 3.63) is 224 Å².